The number of nitrogens with one attached hydrogen (secondary N) is 1. The van der Waals surface area contributed by atoms with Crippen LogP contribution in [-0.2, 0) is 19.5 Å². The lowest BCUT2D eigenvalue weighted by Crippen LogP contribution is -2.15. The zero-order chi connectivity index (χ0) is 19.0. The minimum atomic E-state index is -0.294. The first-order valence-electron chi connectivity index (χ1n) is 8.95. The van der Waals surface area contributed by atoms with E-state index in [-0.39, 0.29) is 5.91 Å². The first-order valence-corrected chi connectivity index (χ1v) is 9.77. The number of amides is 1. The Morgan fingerprint density at radius 1 is 1.33 bits per heavy atom. The highest BCUT2D eigenvalue weighted by atomic mass is 32.1. The van der Waals surface area contributed by atoms with Crippen molar-refractivity contribution in [1.82, 2.24) is 19.6 Å². The first-order chi connectivity index (χ1) is 13.0. The van der Waals surface area contributed by atoms with Crippen LogP contribution in [0.15, 0.2) is 18.3 Å². The van der Waals surface area contributed by atoms with Gasteiger partial charge in [-0.3, -0.25) is 9.48 Å². The Kier molecular flexibility index (Phi) is 4.54. The van der Waals surface area contributed by atoms with Gasteiger partial charge >= 0.3 is 0 Å². The summed E-state index contributed by atoms with van der Waals surface area (Å²) < 4.78 is 3.52. The van der Waals surface area contributed by atoms with E-state index in [1.165, 1.54) is 16.2 Å². The number of rotatable bonds is 4. The van der Waals surface area contributed by atoms with Crippen molar-refractivity contribution in [1.29, 1.82) is 5.26 Å². The van der Waals surface area contributed by atoms with Crippen LogP contribution in [-0.4, -0.2) is 25.5 Å². The number of hydrogen-bond donors (Lipinski definition) is 1. The van der Waals surface area contributed by atoms with Crippen molar-refractivity contribution in [2.45, 2.75) is 46.2 Å². The molecular weight excluding hydrogens is 360 g/mol. The Hall–Kier alpha value is -2.92. The summed E-state index contributed by atoms with van der Waals surface area (Å²) in [6.07, 6.45) is 5.91. The highest BCUT2D eigenvalue weighted by Gasteiger charge is 2.22. The van der Waals surface area contributed by atoms with Gasteiger partial charge in [-0.1, -0.05) is 0 Å². The van der Waals surface area contributed by atoms with Gasteiger partial charge in [-0.25, -0.2) is 4.68 Å². The van der Waals surface area contributed by atoms with Crippen LogP contribution in [0.3, 0.4) is 0 Å². The molecule has 0 aliphatic heterocycles. The van der Waals surface area contributed by atoms with E-state index in [0.717, 1.165) is 42.6 Å². The third-order valence-electron chi connectivity index (χ3n) is 4.77. The van der Waals surface area contributed by atoms with E-state index in [2.05, 4.69) is 21.6 Å². The SMILES string of the molecule is Cc1cc(C)n(Cn2ccc(C(=O)Nc3sc4c(c3C#N)CCCC4)n2)n1. The van der Waals surface area contributed by atoms with Gasteiger partial charge in [0.2, 0.25) is 0 Å². The molecule has 27 heavy (non-hydrogen) atoms. The fraction of sp³-hybridized carbons (Fsp3) is 0.368. The van der Waals surface area contributed by atoms with Crippen molar-refractivity contribution in [3.63, 3.8) is 0 Å². The second kappa shape index (κ2) is 7.00. The maximum Gasteiger partial charge on any atom is 0.276 e. The Bertz CT molecular complexity index is 1050. The summed E-state index contributed by atoms with van der Waals surface area (Å²) in [4.78, 5) is 13.8. The van der Waals surface area contributed by atoms with Crippen LogP contribution in [0.4, 0.5) is 5.00 Å². The van der Waals surface area contributed by atoms with Gasteiger partial charge in [-0.05, 0) is 57.2 Å². The molecule has 4 rings (SSSR count). The zero-order valence-corrected chi connectivity index (χ0v) is 16.1. The van der Waals surface area contributed by atoms with Gasteiger partial charge in [0.25, 0.3) is 5.91 Å². The van der Waals surface area contributed by atoms with Crippen molar-refractivity contribution in [2.75, 3.05) is 5.32 Å². The Morgan fingerprint density at radius 2 is 2.15 bits per heavy atom. The number of carbonyl (C=O) groups is 1. The summed E-state index contributed by atoms with van der Waals surface area (Å²) in [6.45, 7) is 4.38. The second-order valence-corrected chi connectivity index (χ2v) is 7.89. The molecule has 8 heteroatoms. The lowest BCUT2D eigenvalue weighted by Gasteiger charge is -2.09. The minimum Gasteiger partial charge on any atom is -0.311 e. The van der Waals surface area contributed by atoms with Gasteiger partial charge < -0.3 is 5.32 Å². The number of aromatic nitrogens is 4. The molecule has 1 aliphatic carbocycles. The quantitative estimate of drug-likeness (QED) is 0.752. The molecule has 3 aromatic rings. The minimum absolute atomic E-state index is 0.294. The van der Waals surface area contributed by atoms with E-state index < -0.39 is 0 Å². The van der Waals surface area contributed by atoms with E-state index in [1.54, 1.807) is 16.9 Å². The molecule has 0 radical (unpaired) electrons. The number of carbonyl (C=O) groups excluding carboxylic acids is 1. The topological polar surface area (TPSA) is 88.5 Å². The van der Waals surface area contributed by atoms with E-state index >= 15 is 0 Å². The molecule has 0 saturated heterocycles. The number of aryl methyl sites for hydroxylation is 3. The average molecular weight is 380 g/mol. The summed E-state index contributed by atoms with van der Waals surface area (Å²) in [5.41, 5.74) is 4.04. The van der Waals surface area contributed by atoms with Crippen molar-refractivity contribution < 1.29 is 4.79 Å². The molecule has 1 amide bonds. The van der Waals surface area contributed by atoms with Crippen molar-refractivity contribution in [3.05, 3.63) is 51.4 Å². The van der Waals surface area contributed by atoms with Crippen molar-refractivity contribution in [2.24, 2.45) is 0 Å². The largest absolute Gasteiger partial charge is 0.311 e. The molecule has 1 N–H and O–H groups in total. The molecule has 3 heterocycles. The molecule has 7 nitrogen and oxygen atoms in total. The number of thiophene rings is 1. The van der Waals surface area contributed by atoms with E-state index in [4.69, 9.17) is 0 Å². The van der Waals surface area contributed by atoms with Crippen LogP contribution >= 0.6 is 11.3 Å². The first kappa shape index (κ1) is 17.5. The Balaban J connectivity index is 1.51. The fourth-order valence-electron chi connectivity index (χ4n) is 3.46. The number of nitrogens with zero attached hydrogens (tertiary/aromatic N) is 5. The van der Waals surface area contributed by atoms with Gasteiger partial charge in [0.05, 0.1) is 11.3 Å². The molecule has 0 unspecified atom stereocenters. The summed E-state index contributed by atoms with van der Waals surface area (Å²) >= 11 is 1.52. The summed E-state index contributed by atoms with van der Waals surface area (Å²) in [7, 11) is 0. The summed E-state index contributed by atoms with van der Waals surface area (Å²) in [5.74, 6) is -0.294. The molecule has 0 atom stereocenters. The standard InChI is InChI=1S/C19H20N6OS/c1-12-9-13(2)25(22-12)11-24-8-7-16(23-24)18(26)21-19-15(10-20)14-5-3-4-6-17(14)27-19/h7-9H,3-6,11H2,1-2H3,(H,21,26). The third kappa shape index (κ3) is 3.38. The molecule has 3 aromatic heterocycles. The maximum atomic E-state index is 12.6. The molecule has 0 bridgehead atoms. The van der Waals surface area contributed by atoms with E-state index in [9.17, 15) is 10.1 Å². The zero-order valence-electron chi connectivity index (χ0n) is 15.3. The van der Waals surface area contributed by atoms with Crippen LogP contribution in [0, 0.1) is 25.2 Å². The molecular formula is C19H20N6OS. The third-order valence-corrected chi connectivity index (χ3v) is 5.97. The Labute approximate surface area is 161 Å². The van der Waals surface area contributed by atoms with E-state index in [0.29, 0.717) is 22.9 Å². The van der Waals surface area contributed by atoms with Gasteiger partial charge in [-0.15, -0.1) is 11.3 Å². The van der Waals surface area contributed by atoms with Crippen LogP contribution in [0.5, 0.6) is 0 Å². The monoisotopic (exact) mass is 380 g/mol. The number of nitriles is 1. The lowest BCUT2D eigenvalue weighted by molar-refractivity contribution is 0.102. The molecule has 0 fully saturated rings. The second-order valence-electron chi connectivity index (χ2n) is 6.79. The van der Waals surface area contributed by atoms with E-state index in [1.807, 2.05) is 24.6 Å². The smallest absolute Gasteiger partial charge is 0.276 e. The summed E-state index contributed by atoms with van der Waals surface area (Å²) in [5, 5.41) is 21.8. The molecule has 0 aromatic carbocycles. The highest BCUT2D eigenvalue weighted by molar-refractivity contribution is 7.16. The average Bonchev–Trinajstić information content (AvgIpc) is 3.32. The molecule has 138 valence electrons. The Morgan fingerprint density at radius 3 is 2.89 bits per heavy atom. The van der Waals surface area contributed by atoms with Crippen LogP contribution in [0.1, 0.15) is 50.7 Å². The van der Waals surface area contributed by atoms with Crippen LogP contribution in [0.25, 0.3) is 0 Å². The lowest BCUT2D eigenvalue weighted by atomic mass is 9.96. The highest BCUT2D eigenvalue weighted by Crippen LogP contribution is 2.37. The van der Waals surface area contributed by atoms with Crippen LogP contribution < -0.4 is 5.32 Å². The number of fused-ring (bicyclic) bond motifs is 1. The number of anilines is 1. The van der Waals surface area contributed by atoms with Gasteiger partial charge in [0.15, 0.2) is 5.69 Å². The van der Waals surface area contributed by atoms with Gasteiger partial charge in [0.1, 0.15) is 17.7 Å². The normalized spacial score (nSPS) is 13.2. The maximum absolute atomic E-state index is 12.6. The van der Waals surface area contributed by atoms with Gasteiger partial charge in [-0.2, -0.15) is 15.5 Å². The predicted octanol–water partition coefficient (Wildman–Crippen LogP) is 3.27. The van der Waals surface area contributed by atoms with Crippen LogP contribution in [0.2, 0.25) is 0 Å². The number of hydrogen-bond acceptors (Lipinski definition) is 5. The fourth-order valence-corrected chi connectivity index (χ4v) is 4.69. The molecule has 1 aliphatic rings. The molecule has 0 spiro atoms. The summed E-state index contributed by atoms with van der Waals surface area (Å²) in [6, 6.07) is 5.95. The van der Waals surface area contributed by atoms with Gasteiger partial charge in [0, 0.05) is 16.8 Å². The molecule has 0 saturated carbocycles. The van der Waals surface area contributed by atoms with Crippen molar-refractivity contribution >= 4 is 22.2 Å². The predicted molar refractivity (Wildman–Crippen MR) is 103 cm³/mol. The van der Waals surface area contributed by atoms with Crippen molar-refractivity contribution in [3.8, 4) is 6.07 Å².